The number of ether oxygens (including phenoxy) is 2. The highest BCUT2D eigenvalue weighted by Gasteiger charge is 2.11. The van der Waals surface area contributed by atoms with Gasteiger partial charge in [-0.1, -0.05) is 12.7 Å². The van der Waals surface area contributed by atoms with E-state index < -0.39 is 5.91 Å². The van der Waals surface area contributed by atoms with Crippen LogP contribution >= 0.6 is 15.9 Å². The van der Waals surface area contributed by atoms with Crippen LogP contribution < -0.4 is 14.9 Å². The molecule has 1 N–H and O–H groups in total. The van der Waals surface area contributed by atoms with Gasteiger partial charge in [0.1, 0.15) is 30.5 Å². The van der Waals surface area contributed by atoms with E-state index in [1.807, 2.05) is 42.5 Å². The minimum absolute atomic E-state index is 0.147. The van der Waals surface area contributed by atoms with Crippen LogP contribution in [0.1, 0.15) is 33.3 Å². The molecule has 4 rings (SSSR count). The van der Waals surface area contributed by atoms with Crippen molar-refractivity contribution in [3.63, 3.8) is 0 Å². The molecule has 0 radical (unpaired) electrons. The molecule has 0 saturated heterocycles. The first kappa shape index (κ1) is 25.1. The summed E-state index contributed by atoms with van der Waals surface area (Å²) in [6.45, 7) is 8.39. The standard InChI is InChI=1S/C28H26BrN3O4/c1-4-15-34-26-13-7-21(16-25(26)29)17-30-31-28(33)27-14-12-24(36-27)18-35-23-10-8-22(9-11-23)32-19(2)5-6-20(32)3/h4-14,16-17H,1,15,18H2,2-3H3,(H,31,33)/b30-17+. The fraction of sp³-hybridized carbons (Fsp3) is 0.143. The van der Waals surface area contributed by atoms with Crippen molar-refractivity contribution in [1.82, 2.24) is 9.99 Å². The Morgan fingerprint density at radius 3 is 2.50 bits per heavy atom. The van der Waals surface area contributed by atoms with Gasteiger partial charge in [-0.3, -0.25) is 4.79 Å². The van der Waals surface area contributed by atoms with Gasteiger partial charge in [-0.25, -0.2) is 5.43 Å². The molecule has 2 aromatic heterocycles. The Morgan fingerprint density at radius 1 is 1.06 bits per heavy atom. The Kier molecular flexibility index (Phi) is 8.07. The van der Waals surface area contributed by atoms with Crippen LogP contribution in [0.4, 0.5) is 0 Å². The molecule has 0 atom stereocenters. The minimum Gasteiger partial charge on any atom is -0.488 e. The Hall–Kier alpha value is -4.04. The van der Waals surface area contributed by atoms with Gasteiger partial charge in [0.05, 0.1) is 10.7 Å². The molecule has 0 spiro atoms. The van der Waals surface area contributed by atoms with E-state index in [4.69, 9.17) is 13.9 Å². The number of furan rings is 1. The number of nitrogens with one attached hydrogen (secondary N) is 1. The van der Waals surface area contributed by atoms with Gasteiger partial charge in [0.15, 0.2) is 5.76 Å². The lowest BCUT2D eigenvalue weighted by Gasteiger charge is -2.10. The molecule has 0 saturated carbocycles. The highest BCUT2D eigenvalue weighted by molar-refractivity contribution is 9.10. The molecule has 1 amide bonds. The molecular weight excluding hydrogens is 522 g/mol. The SMILES string of the molecule is C=CCOc1ccc(/C=N/NC(=O)c2ccc(COc3ccc(-n4c(C)ccc4C)cc3)o2)cc1Br. The van der Waals surface area contributed by atoms with Gasteiger partial charge in [0.25, 0.3) is 0 Å². The second kappa shape index (κ2) is 11.6. The summed E-state index contributed by atoms with van der Waals surface area (Å²) in [5.41, 5.74) is 6.67. The molecule has 0 bridgehead atoms. The van der Waals surface area contributed by atoms with E-state index in [0.717, 1.165) is 15.7 Å². The molecule has 0 aliphatic rings. The normalized spacial score (nSPS) is 11.0. The largest absolute Gasteiger partial charge is 0.488 e. The van der Waals surface area contributed by atoms with Crippen LogP contribution in [0.25, 0.3) is 5.69 Å². The summed E-state index contributed by atoms with van der Waals surface area (Å²) in [6, 6.07) is 20.8. The Labute approximate surface area is 218 Å². The minimum atomic E-state index is -0.454. The van der Waals surface area contributed by atoms with Crippen molar-refractivity contribution >= 4 is 28.1 Å². The smallest absolute Gasteiger partial charge is 0.307 e. The average molecular weight is 548 g/mol. The van der Waals surface area contributed by atoms with E-state index in [0.29, 0.717) is 23.9 Å². The quantitative estimate of drug-likeness (QED) is 0.142. The van der Waals surface area contributed by atoms with Gasteiger partial charge >= 0.3 is 5.91 Å². The maximum absolute atomic E-state index is 12.4. The summed E-state index contributed by atoms with van der Waals surface area (Å²) < 4.78 is 19.9. The number of carbonyl (C=O) groups excluding carboxylic acids is 1. The molecule has 0 aliphatic carbocycles. The molecule has 8 heteroatoms. The van der Waals surface area contributed by atoms with Crippen molar-refractivity contribution in [2.24, 2.45) is 5.10 Å². The molecular formula is C28H26BrN3O4. The zero-order valence-electron chi connectivity index (χ0n) is 20.0. The summed E-state index contributed by atoms with van der Waals surface area (Å²) >= 11 is 3.45. The van der Waals surface area contributed by atoms with E-state index in [9.17, 15) is 4.79 Å². The number of halogens is 1. The molecule has 2 heterocycles. The van der Waals surface area contributed by atoms with Crippen LogP contribution in [-0.2, 0) is 6.61 Å². The van der Waals surface area contributed by atoms with Crippen molar-refractivity contribution in [1.29, 1.82) is 0 Å². The number of hydrogen-bond acceptors (Lipinski definition) is 5. The summed E-state index contributed by atoms with van der Waals surface area (Å²) in [4.78, 5) is 12.4. The van der Waals surface area contributed by atoms with Crippen molar-refractivity contribution in [3.8, 4) is 17.2 Å². The Balaban J connectivity index is 1.29. The number of aryl methyl sites for hydroxylation is 2. The maximum atomic E-state index is 12.4. The lowest BCUT2D eigenvalue weighted by atomic mass is 10.2. The highest BCUT2D eigenvalue weighted by Crippen LogP contribution is 2.25. The molecule has 0 fully saturated rings. The number of nitrogens with zero attached hydrogens (tertiary/aromatic N) is 2. The molecule has 4 aromatic rings. The first-order chi connectivity index (χ1) is 17.4. The van der Waals surface area contributed by atoms with Crippen molar-refractivity contribution in [2.45, 2.75) is 20.5 Å². The van der Waals surface area contributed by atoms with E-state index in [-0.39, 0.29) is 12.4 Å². The summed E-state index contributed by atoms with van der Waals surface area (Å²) in [7, 11) is 0. The second-order valence-electron chi connectivity index (χ2n) is 7.99. The number of rotatable bonds is 10. The molecule has 36 heavy (non-hydrogen) atoms. The third-order valence-corrected chi connectivity index (χ3v) is 5.94. The van der Waals surface area contributed by atoms with Crippen molar-refractivity contribution in [3.05, 3.63) is 112 Å². The number of carbonyl (C=O) groups is 1. The van der Waals surface area contributed by atoms with E-state index in [2.05, 4.69) is 63.6 Å². The van der Waals surface area contributed by atoms with Crippen LogP contribution in [0.15, 0.2) is 93.4 Å². The fourth-order valence-electron chi connectivity index (χ4n) is 3.58. The molecule has 0 unspecified atom stereocenters. The lowest BCUT2D eigenvalue weighted by molar-refractivity contribution is 0.0923. The number of aromatic nitrogens is 1. The van der Waals surface area contributed by atoms with Gasteiger partial charge in [0.2, 0.25) is 0 Å². The van der Waals surface area contributed by atoms with Gasteiger partial charge in [-0.15, -0.1) is 0 Å². The van der Waals surface area contributed by atoms with Gasteiger partial charge in [-0.2, -0.15) is 5.10 Å². The zero-order valence-corrected chi connectivity index (χ0v) is 21.6. The first-order valence-corrected chi connectivity index (χ1v) is 12.1. The number of benzene rings is 2. The van der Waals surface area contributed by atoms with Crippen LogP contribution in [-0.4, -0.2) is 23.3 Å². The molecule has 2 aromatic carbocycles. The van der Waals surface area contributed by atoms with Gasteiger partial charge in [-0.05, 0) is 102 Å². The number of amides is 1. The summed E-state index contributed by atoms with van der Waals surface area (Å²) in [6.07, 6.45) is 3.21. The Bertz CT molecular complexity index is 1370. The fourth-order valence-corrected chi connectivity index (χ4v) is 4.09. The number of hydrogen-bond donors (Lipinski definition) is 1. The van der Waals surface area contributed by atoms with Crippen molar-refractivity contribution in [2.75, 3.05) is 6.61 Å². The third kappa shape index (κ3) is 6.14. The predicted molar refractivity (Wildman–Crippen MR) is 143 cm³/mol. The predicted octanol–water partition coefficient (Wildman–Crippen LogP) is 6.36. The summed E-state index contributed by atoms with van der Waals surface area (Å²) in [5.74, 6) is 1.63. The van der Waals surface area contributed by atoms with Crippen LogP contribution in [0.2, 0.25) is 0 Å². The van der Waals surface area contributed by atoms with Gasteiger partial charge < -0.3 is 18.5 Å². The monoisotopic (exact) mass is 547 g/mol. The Morgan fingerprint density at radius 2 is 1.81 bits per heavy atom. The van der Waals surface area contributed by atoms with E-state index in [1.165, 1.54) is 17.6 Å². The lowest BCUT2D eigenvalue weighted by Crippen LogP contribution is -2.16. The van der Waals surface area contributed by atoms with Crippen LogP contribution in [0, 0.1) is 13.8 Å². The van der Waals surface area contributed by atoms with Gasteiger partial charge in [0, 0.05) is 17.1 Å². The number of hydrazone groups is 1. The van der Waals surface area contributed by atoms with Crippen molar-refractivity contribution < 1.29 is 18.7 Å². The van der Waals surface area contributed by atoms with Crippen LogP contribution in [0.3, 0.4) is 0 Å². The molecule has 7 nitrogen and oxygen atoms in total. The zero-order chi connectivity index (χ0) is 25.5. The molecule has 0 aliphatic heterocycles. The van der Waals surface area contributed by atoms with E-state index >= 15 is 0 Å². The average Bonchev–Trinajstić information content (AvgIpc) is 3.49. The first-order valence-electron chi connectivity index (χ1n) is 11.3. The maximum Gasteiger partial charge on any atom is 0.307 e. The molecule has 184 valence electrons. The highest BCUT2D eigenvalue weighted by atomic mass is 79.9. The third-order valence-electron chi connectivity index (χ3n) is 5.32. The van der Waals surface area contributed by atoms with E-state index in [1.54, 1.807) is 18.2 Å². The topological polar surface area (TPSA) is 78.0 Å². The summed E-state index contributed by atoms with van der Waals surface area (Å²) in [5, 5.41) is 4.00. The second-order valence-corrected chi connectivity index (χ2v) is 8.84. The van der Waals surface area contributed by atoms with Crippen LogP contribution in [0.5, 0.6) is 11.5 Å².